The molecule has 1 aliphatic heterocycles. The van der Waals surface area contributed by atoms with E-state index < -0.39 is 4.92 Å². The molecule has 142 valence electrons. The number of H-pyrrole nitrogens is 1. The number of aromatic amines is 1. The van der Waals surface area contributed by atoms with E-state index in [-0.39, 0.29) is 17.0 Å². The number of benzene rings is 1. The molecule has 0 fully saturated rings. The summed E-state index contributed by atoms with van der Waals surface area (Å²) >= 11 is 0. The number of pyridine rings is 1. The number of non-ortho nitro benzene ring substituents is 1. The molecule has 1 aromatic carbocycles. The van der Waals surface area contributed by atoms with Gasteiger partial charge in [-0.05, 0) is 24.6 Å². The fraction of sp³-hybridized carbons (Fsp3) is 0.211. The smallest absolute Gasteiger partial charge is 0.270 e. The van der Waals surface area contributed by atoms with Crippen molar-refractivity contribution in [2.45, 2.75) is 19.5 Å². The lowest BCUT2D eigenvalue weighted by molar-refractivity contribution is -0.385. The van der Waals surface area contributed by atoms with Crippen LogP contribution in [-0.2, 0) is 19.5 Å². The summed E-state index contributed by atoms with van der Waals surface area (Å²) in [6.07, 6.45) is 3.79. The molecule has 0 saturated carbocycles. The van der Waals surface area contributed by atoms with Crippen LogP contribution >= 0.6 is 0 Å². The van der Waals surface area contributed by atoms with Gasteiger partial charge in [0, 0.05) is 60.9 Å². The summed E-state index contributed by atoms with van der Waals surface area (Å²) < 4.78 is 0. The van der Waals surface area contributed by atoms with Crippen LogP contribution in [0.3, 0.4) is 0 Å². The number of phenolic OH excluding ortho intramolecular Hbond substituents is 1. The molecule has 0 spiro atoms. The van der Waals surface area contributed by atoms with Crippen molar-refractivity contribution in [3.8, 4) is 17.1 Å². The fourth-order valence-electron chi connectivity index (χ4n) is 3.32. The molecule has 0 aliphatic carbocycles. The molecule has 3 heterocycles. The molecular formula is C19H17N5O4. The van der Waals surface area contributed by atoms with Crippen molar-refractivity contribution in [1.82, 2.24) is 19.9 Å². The largest absolute Gasteiger partial charge is 0.508 e. The van der Waals surface area contributed by atoms with Crippen LogP contribution in [0.2, 0.25) is 0 Å². The van der Waals surface area contributed by atoms with Crippen LogP contribution in [0.1, 0.15) is 16.8 Å². The zero-order chi connectivity index (χ0) is 19.7. The molecule has 0 atom stereocenters. The monoisotopic (exact) mass is 379 g/mol. The molecule has 2 aromatic heterocycles. The lowest BCUT2D eigenvalue weighted by atomic mass is 10.0. The molecule has 28 heavy (non-hydrogen) atoms. The van der Waals surface area contributed by atoms with Gasteiger partial charge in [0.15, 0.2) is 0 Å². The van der Waals surface area contributed by atoms with Crippen molar-refractivity contribution in [2.75, 3.05) is 6.54 Å². The van der Waals surface area contributed by atoms with Crippen LogP contribution < -0.4 is 5.56 Å². The molecule has 4 rings (SSSR count). The number of fused-ring (bicyclic) bond motifs is 1. The minimum absolute atomic E-state index is 0.00585. The molecule has 2 N–H and O–H groups in total. The standard InChI is InChI=1S/C19H17N5O4/c25-17-4-3-14(24(27)28)8-13(17)10-23-7-5-15-16(11-23)21-18(22-19(15)26)12-2-1-6-20-9-12/h1-4,6,8-9,25H,5,7,10-11H2,(H,21,22,26). The highest BCUT2D eigenvalue weighted by Crippen LogP contribution is 2.26. The Bertz CT molecular complexity index is 1100. The SMILES string of the molecule is O=c1[nH]c(-c2cccnc2)nc2c1CCN(Cc1cc([N+](=O)[O-])ccc1O)C2. The third kappa shape index (κ3) is 3.47. The summed E-state index contributed by atoms with van der Waals surface area (Å²) in [6, 6.07) is 7.56. The Labute approximate surface area is 159 Å². The van der Waals surface area contributed by atoms with Crippen molar-refractivity contribution in [3.05, 3.63) is 80.0 Å². The molecule has 0 amide bonds. The first kappa shape index (κ1) is 17.8. The highest BCUT2D eigenvalue weighted by atomic mass is 16.6. The number of hydrogen-bond acceptors (Lipinski definition) is 7. The van der Waals surface area contributed by atoms with E-state index in [1.807, 2.05) is 11.0 Å². The minimum Gasteiger partial charge on any atom is -0.508 e. The van der Waals surface area contributed by atoms with Crippen molar-refractivity contribution in [3.63, 3.8) is 0 Å². The third-order valence-electron chi connectivity index (χ3n) is 4.76. The van der Waals surface area contributed by atoms with E-state index in [2.05, 4.69) is 15.0 Å². The van der Waals surface area contributed by atoms with E-state index in [4.69, 9.17) is 0 Å². The normalized spacial score (nSPS) is 13.9. The van der Waals surface area contributed by atoms with Gasteiger partial charge in [-0.25, -0.2) is 4.98 Å². The molecule has 9 heteroatoms. The first-order valence-corrected chi connectivity index (χ1v) is 8.72. The Morgan fingerprint density at radius 1 is 1.32 bits per heavy atom. The van der Waals surface area contributed by atoms with E-state index in [0.717, 1.165) is 5.56 Å². The van der Waals surface area contributed by atoms with Gasteiger partial charge in [-0.15, -0.1) is 0 Å². The van der Waals surface area contributed by atoms with Gasteiger partial charge in [0.25, 0.3) is 11.2 Å². The highest BCUT2D eigenvalue weighted by molar-refractivity contribution is 5.53. The van der Waals surface area contributed by atoms with E-state index >= 15 is 0 Å². The van der Waals surface area contributed by atoms with Gasteiger partial charge >= 0.3 is 0 Å². The number of aromatic nitrogens is 3. The van der Waals surface area contributed by atoms with Gasteiger partial charge < -0.3 is 10.1 Å². The van der Waals surface area contributed by atoms with E-state index in [1.165, 1.54) is 18.2 Å². The number of nitro groups is 1. The lowest BCUT2D eigenvalue weighted by Crippen LogP contribution is -2.35. The quantitative estimate of drug-likeness (QED) is 0.524. The summed E-state index contributed by atoms with van der Waals surface area (Å²) in [5.74, 6) is 0.461. The first-order valence-electron chi connectivity index (χ1n) is 8.72. The maximum absolute atomic E-state index is 12.4. The molecular weight excluding hydrogens is 362 g/mol. The van der Waals surface area contributed by atoms with Crippen LogP contribution in [-0.4, -0.2) is 36.4 Å². The Kier molecular flexibility index (Phi) is 4.58. The van der Waals surface area contributed by atoms with Gasteiger partial charge in [-0.1, -0.05) is 0 Å². The second-order valence-electron chi connectivity index (χ2n) is 6.61. The zero-order valence-electron chi connectivity index (χ0n) is 14.8. The van der Waals surface area contributed by atoms with Crippen molar-refractivity contribution < 1.29 is 10.0 Å². The molecule has 1 aliphatic rings. The predicted molar refractivity (Wildman–Crippen MR) is 101 cm³/mol. The molecule has 0 saturated heterocycles. The summed E-state index contributed by atoms with van der Waals surface area (Å²) in [6.45, 7) is 1.32. The molecule has 3 aromatic rings. The summed E-state index contributed by atoms with van der Waals surface area (Å²) in [7, 11) is 0. The van der Waals surface area contributed by atoms with Crippen LogP contribution in [0, 0.1) is 10.1 Å². The van der Waals surface area contributed by atoms with Gasteiger partial charge in [0.1, 0.15) is 11.6 Å². The number of phenols is 1. The second kappa shape index (κ2) is 7.20. The summed E-state index contributed by atoms with van der Waals surface area (Å²) in [5, 5.41) is 21.0. The van der Waals surface area contributed by atoms with Crippen LogP contribution in [0.25, 0.3) is 11.4 Å². The maximum atomic E-state index is 12.4. The van der Waals surface area contributed by atoms with Crippen molar-refractivity contribution >= 4 is 5.69 Å². The molecule has 0 radical (unpaired) electrons. The zero-order valence-corrected chi connectivity index (χ0v) is 14.8. The molecule has 0 bridgehead atoms. The second-order valence-corrected chi connectivity index (χ2v) is 6.61. The van der Waals surface area contributed by atoms with Crippen molar-refractivity contribution in [2.24, 2.45) is 0 Å². The summed E-state index contributed by atoms with van der Waals surface area (Å²) in [5.41, 5.74) is 2.26. The van der Waals surface area contributed by atoms with Gasteiger partial charge in [0.05, 0.1) is 10.6 Å². The van der Waals surface area contributed by atoms with Crippen LogP contribution in [0.4, 0.5) is 5.69 Å². The average Bonchev–Trinajstić information content (AvgIpc) is 2.70. The number of rotatable bonds is 4. The predicted octanol–water partition coefficient (Wildman–Crippen LogP) is 2.00. The van der Waals surface area contributed by atoms with E-state index in [9.17, 15) is 20.0 Å². The molecule has 0 unspecified atom stereocenters. The van der Waals surface area contributed by atoms with Crippen molar-refractivity contribution in [1.29, 1.82) is 0 Å². The van der Waals surface area contributed by atoms with E-state index in [1.54, 1.807) is 18.5 Å². The Balaban J connectivity index is 1.61. The average molecular weight is 379 g/mol. The first-order chi connectivity index (χ1) is 13.5. The Morgan fingerprint density at radius 3 is 2.93 bits per heavy atom. The van der Waals surface area contributed by atoms with Crippen LogP contribution in [0.5, 0.6) is 5.75 Å². The third-order valence-corrected chi connectivity index (χ3v) is 4.76. The van der Waals surface area contributed by atoms with Gasteiger partial charge in [0.2, 0.25) is 0 Å². The van der Waals surface area contributed by atoms with Crippen LogP contribution in [0.15, 0.2) is 47.5 Å². The topological polar surface area (TPSA) is 125 Å². The Morgan fingerprint density at radius 2 is 2.18 bits per heavy atom. The van der Waals surface area contributed by atoms with E-state index in [0.29, 0.717) is 48.7 Å². The van der Waals surface area contributed by atoms with Gasteiger partial charge in [-0.3, -0.25) is 24.8 Å². The highest BCUT2D eigenvalue weighted by Gasteiger charge is 2.23. The number of hydrogen-bond donors (Lipinski definition) is 2. The fourth-order valence-corrected chi connectivity index (χ4v) is 3.32. The molecule has 9 nitrogen and oxygen atoms in total. The number of aromatic hydroxyl groups is 1. The number of nitro benzene ring substituents is 1. The lowest BCUT2D eigenvalue weighted by Gasteiger charge is -2.27. The number of nitrogens with one attached hydrogen (secondary N) is 1. The number of nitrogens with zero attached hydrogens (tertiary/aromatic N) is 4. The van der Waals surface area contributed by atoms with Gasteiger partial charge in [-0.2, -0.15) is 0 Å². The minimum atomic E-state index is -0.490. The Hall–Kier alpha value is -3.59. The summed E-state index contributed by atoms with van der Waals surface area (Å²) in [4.78, 5) is 36.4. The maximum Gasteiger partial charge on any atom is 0.270 e.